The Balaban J connectivity index is 2.76. The van der Waals surface area contributed by atoms with Crippen LogP contribution in [-0.4, -0.2) is 38.2 Å². The van der Waals surface area contributed by atoms with Gasteiger partial charge in [-0.3, -0.25) is 4.90 Å². The van der Waals surface area contributed by atoms with Gasteiger partial charge in [-0.05, 0) is 23.8 Å². The van der Waals surface area contributed by atoms with Gasteiger partial charge in [-0.15, -0.1) is 0 Å². The van der Waals surface area contributed by atoms with E-state index in [1.165, 1.54) is 5.56 Å². The Hall–Kier alpha value is -0.620. The zero-order valence-corrected chi connectivity index (χ0v) is 11.7. The molecule has 17 heavy (non-hydrogen) atoms. The Bertz CT molecular complexity index is 341. The van der Waals surface area contributed by atoms with Crippen LogP contribution in [0.15, 0.2) is 22.7 Å². The summed E-state index contributed by atoms with van der Waals surface area (Å²) in [6.45, 7) is 3.80. The summed E-state index contributed by atoms with van der Waals surface area (Å²) in [5.74, 6) is 0.864. The summed E-state index contributed by atoms with van der Waals surface area (Å²) in [5.41, 5.74) is 12.4. The van der Waals surface area contributed by atoms with E-state index < -0.39 is 0 Å². The predicted molar refractivity (Wildman–Crippen MR) is 74.1 cm³/mol. The molecule has 0 aliphatic rings. The average molecular weight is 302 g/mol. The van der Waals surface area contributed by atoms with Gasteiger partial charge in [0.05, 0.1) is 7.11 Å². The molecular formula is C12H20BrN3O. The number of ether oxygens (including phenoxy) is 1. The van der Waals surface area contributed by atoms with Gasteiger partial charge in [0, 0.05) is 37.2 Å². The number of hydrogen-bond donors (Lipinski definition) is 2. The van der Waals surface area contributed by atoms with E-state index >= 15 is 0 Å². The first-order chi connectivity index (χ1) is 8.21. The van der Waals surface area contributed by atoms with Crippen LogP contribution in [0.2, 0.25) is 0 Å². The number of nitrogens with two attached hydrogens (primary N) is 2. The summed E-state index contributed by atoms with van der Waals surface area (Å²) in [4.78, 5) is 2.24. The third kappa shape index (κ3) is 4.63. The van der Waals surface area contributed by atoms with Crippen molar-refractivity contribution in [2.45, 2.75) is 6.54 Å². The second-order valence-electron chi connectivity index (χ2n) is 3.81. The van der Waals surface area contributed by atoms with Crippen LogP contribution in [0.4, 0.5) is 0 Å². The molecule has 0 fully saturated rings. The minimum absolute atomic E-state index is 0.640. The highest BCUT2D eigenvalue weighted by molar-refractivity contribution is 9.10. The summed E-state index contributed by atoms with van der Waals surface area (Å²) >= 11 is 3.55. The average Bonchev–Trinajstić information content (AvgIpc) is 2.32. The van der Waals surface area contributed by atoms with Crippen molar-refractivity contribution >= 4 is 15.9 Å². The van der Waals surface area contributed by atoms with Crippen molar-refractivity contribution in [2.24, 2.45) is 11.5 Å². The van der Waals surface area contributed by atoms with Gasteiger partial charge >= 0.3 is 0 Å². The van der Waals surface area contributed by atoms with Crippen LogP contribution in [0.5, 0.6) is 5.75 Å². The Morgan fingerprint density at radius 1 is 1.24 bits per heavy atom. The lowest BCUT2D eigenvalue weighted by Crippen LogP contribution is -2.33. The molecule has 0 bridgehead atoms. The summed E-state index contributed by atoms with van der Waals surface area (Å²) in [7, 11) is 1.67. The van der Waals surface area contributed by atoms with E-state index in [4.69, 9.17) is 16.2 Å². The number of methoxy groups -OCH3 is 1. The van der Waals surface area contributed by atoms with Crippen LogP contribution in [0.3, 0.4) is 0 Å². The van der Waals surface area contributed by atoms with E-state index in [1.54, 1.807) is 7.11 Å². The molecule has 5 heteroatoms. The van der Waals surface area contributed by atoms with Crippen LogP contribution >= 0.6 is 15.9 Å². The SMILES string of the molecule is COc1ccc(Br)c(CN(CCN)CCN)c1. The molecule has 0 unspecified atom stereocenters. The Kier molecular flexibility index (Phi) is 6.50. The maximum absolute atomic E-state index is 5.59. The number of halogens is 1. The molecular weight excluding hydrogens is 282 g/mol. The van der Waals surface area contributed by atoms with E-state index in [2.05, 4.69) is 20.8 Å². The van der Waals surface area contributed by atoms with Crippen molar-refractivity contribution in [3.8, 4) is 5.75 Å². The lowest BCUT2D eigenvalue weighted by Gasteiger charge is -2.21. The van der Waals surface area contributed by atoms with Crippen LogP contribution in [-0.2, 0) is 6.54 Å². The highest BCUT2D eigenvalue weighted by Gasteiger charge is 2.08. The number of hydrogen-bond acceptors (Lipinski definition) is 4. The number of rotatable bonds is 7. The second kappa shape index (κ2) is 7.66. The fraction of sp³-hybridized carbons (Fsp3) is 0.500. The Labute approximate surface area is 111 Å². The molecule has 0 aliphatic carbocycles. The lowest BCUT2D eigenvalue weighted by molar-refractivity contribution is 0.280. The molecule has 0 heterocycles. The van der Waals surface area contributed by atoms with E-state index in [-0.39, 0.29) is 0 Å². The zero-order chi connectivity index (χ0) is 12.7. The number of nitrogens with zero attached hydrogens (tertiary/aromatic N) is 1. The van der Waals surface area contributed by atoms with Crippen molar-refractivity contribution in [1.82, 2.24) is 4.90 Å². The molecule has 0 radical (unpaired) electrons. The molecule has 0 spiro atoms. The third-order valence-corrected chi connectivity index (χ3v) is 3.31. The molecule has 0 saturated carbocycles. The predicted octanol–water partition coefficient (Wildman–Crippen LogP) is 1.18. The van der Waals surface area contributed by atoms with E-state index in [9.17, 15) is 0 Å². The summed E-state index contributed by atoms with van der Waals surface area (Å²) in [6, 6.07) is 5.96. The molecule has 4 nitrogen and oxygen atoms in total. The van der Waals surface area contributed by atoms with Gasteiger partial charge in [-0.1, -0.05) is 15.9 Å². The molecule has 0 saturated heterocycles. The highest BCUT2D eigenvalue weighted by atomic mass is 79.9. The molecule has 0 aliphatic heterocycles. The van der Waals surface area contributed by atoms with E-state index in [0.717, 1.165) is 29.9 Å². The highest BCUT2D eigenvalue weighted by Crippen LogP contribution is 2.23. The van der Waals surface area contributed by atoms with Gasteiger partial charge in [-0.25, -0.2) is 0 Å². The lowest BCUT2D eigenvalue weighted by atomic mass is 10.2. The van der Waals surface area contributed by atoms with Crippen molar-refractivity contribution in [3.63, 3.8) is 0 Å². The van der Waals surface area contributed by atoms with Crippen LogP contribution in [0.25, 0.3) is 0 Å². The van der Waals surface area contributed by atoms with E-state index in [1.807, 2.05) is 18.2 Å². The maximum Gasteiger partial charge on any atom is 0.119 e. The minimum Gasteiger partial charge on any atom is -0.497 e. The first kappa shape index (κ1) is 14.4. The normalized spacial score (nSPS) is 10.9. The summed E-state index contributed by atoms with van der Waals surface area (Å²) in [6.07, 6.45) is 0. The van der Waals surface area contributed by atoms with Crippen LogP contribution in [0, 0.1) is 0 Å². The Morgan fingerprint density at radius 3 is 2.41 bits per heavy atom. The van der Waals surface area contributed by atoms with Gasteiger partial charge in [-0.2, -0.15) is 0 Å². The largest absolute Gasteiger partial charge is 0.497 e. The van der Waals surface area contributed by atoms with Gasteiger partial charge in [0.25, 0.3) is 0 Å². The summed E-state index contributed by atoms with van der Waals surface area (Å²) < 4.78 is 6.30. The van der Waals surface area contributed by atoms with Crippen molar-refractivity contribution in [2.75, 3.05) is 33.3 Å². The number of benzene rings is 1. The standard InChI is InChI=1S/C12H20BrN3O/c1-17-11-2-3-12(13)10(8-11)9-16(6-4-14)7-5-15/h2-3,8H,4-7,9,14-15H2,1H3. The second-order valence-corrected chi connectivity index (χ2v) is 4.67. The van der Waals surface area contributed by atoms with Gasteiger partial charge in [0.2, 0.25) is 0 Å². The van der Waals surface area contributed by atoms with E-state index in [0.29, 0.717) is 13.1 Å². The smallest absolute Gasteiger partial charge is 0.119 e. The molecule has 1 aromatic carbocycles. The monoisotopic (exact) mass is 301 g/mol. The quantitative estimate of drug-likeness (QED) is 0.794. The molecule has 0 aromatic heterocycles. The Morgan fingerprint density at radius 2 is 1.88 bits per heavy atom. The minimum atomic E-state index is 0.640. The first-order valence-corrected chi connectivity index (χ1v) is 6.45. The first-order valence-electron chi connectivity index (χ1n) is 5.66. The van der Waals surface area contributed by atoms with Crippen molar-refractivity contribution in [3.05, 3.63) is 28.2 Å². The molecule has 4 N–H and O–H groups in total. The van der Waals surface area contributed by atoms with Gasteiger partial charge in [0.1, 0.15) is 5.75 Å². The van der Waals surface area contributed by atoms with Crippen molar-refractivity contribution in [1.29, 1.82) is 0 Å². The van der Waals surface area contributed by atoms with Crippen LogP contribution < -0.4 is 16.2 Å². The molecule has 1 rings (SSSR count). The fourth-order valence-electron chi connectivity index (χ4n) is 1.68. The van der Waals surface area contributed by atoms with Crippen molar-refractivity contribution < 1.29 is 4.74 Å². The molecule has 0 amide bonds. The van der Waals surface area contributed by atoms with Gasteiger partial charge in [0.15, 0.2) is 0 Å². The fourth-order valence-corrected chi connectivity index (χ4v) is 2.05. The molecule has 96 valence electrons. The topological polar surface area (TPSA) is 64.5 Å². The maximum atomic E-state index is 5.59. The third-order valence-electron chi connectivity index (χ3n) is 2.54. The summed E-state index contributed by atoms with van der Waals surface area (Å²) in [5, 5.41) is 0. The molecule has 1 aromatic rings. The van der Waals surface area contributed by atoms with Crippen LogP contribution in [0.1, 0.15) is 5.56 Å². The van der Waals surface area contributed by atoms with Gasteiger partial charge < -0.3 is 16.2 Å². The molecule has 0 atom stereocenters. The zero-order valence-electron chi connectivity index (χ0n) is 10.2.